The van der Waals surface area contributed by atoms with Crippen LogP contribution in [0.5, 0.6) is 0 Å². The Balaban J connectivity index is 3.16. The maximum absolute atomic E-state index is 2.47. The van der Waals surface area contributed by atoms with Crippen LogP contribution in [0.1, 0.15) is 11.0 Å². The molecule has 0 saturated heterocycles. The molecular weight excluding hydrogens is 256 g/mol. The van der Waals surface area contributed by atoms with Crippen molar-refractivity contribution in [3.63, 3.8) is 0 Å². The van der Waals surface area contributed by atoms with Gasteiger partial charge in [-0.3, -0.25) is 0 Å². The average Bonchev–Trinajstić information content (AvgIpc) is 2.13. The largest absolute Gasteiger partial charge is 0.378 e. The second kappa shape index (κ2) is 5.48. The maximum atomic E-state index is 2.47. The molecular formula is C15H29NP2+2. The van der Waals surface area contributed by atoms with Gasteiger partial charge >= 0.3 is 0 Å². The first kappa shape index (κ1) is 15.9. The number of hydrogen-bond donors (Lipinski definition) is 0. The first-order valence-corrected chi connectivity index (χ1v) is 12.8. The lowest BCUT2D eigenvalue weighted by Gasteiger charge is -2.30. The Kier molecular flexibility index (Phi) is 4.85. The van der Waals surface area contributed by atoms with Gasteiger partial charge in [-0.1, -0.05) is 0 Å². The number of benzene rings is 1. The van der Waals surface area contributed by atoms with E-state index >= 15 is 0 Å². The van der Waals surface area contributed by atoms with Crippen molar-refractivity contribution < 1.29 is 0 Å². The quantitative estimate of drug-likeness (QED) is 0.733. The van der Waals surface area contributed by atoms with Crippen LogP contribution < -0.4 is 4.90 Å². The summed E-state index contributed by atoms with van der Waals surface area (Å²) in [5.41, 5.74) is 2.83. The molecule has 0 heterocycles. The molecule has 0 N–H and O–H groups in total. The summed E-state index contributed by atoms with van der Waals surface area (Å²) in [6, 6.07) is 9.20. The summed E-state index contributed by atoms with van der Waals surface area (Å²) in [4.78, 5) is 2.16. The molecule has 0 amide bonds. The standard InChI is InChI=1S/C15H29NP2/c1-16(2)14-11-9-13(10-12-14)15(17(3,4)5)18(6,7)8/h9-12,15H,1-8H3/q+2. The molecule has 102 valence electrons. The lowest BCUT2D eigenvalue weighted by atomic mass is 10.2. The summed E-state index contributed by atoms with van der Waals surface area (Å²) < 4.78 is 0. The highest BCUT2D eigenvalue weighted by Crippen LogP contribution is 2.79. The van der Waals surface area contributed by atoms with Gasteiger partial charge in [-0.2, -0.15) is 0 Å². The van der Waals surface area contributed by atoms with E-state index in [1.54, 1.807) is 5.56 Å². The topological polar surface area (TPSA) is 3.24 Å². The van der Waals surface area contributed by atoms with Crippen LogP contribution in [0, 0.1) is 0 Å². The second-order valence-corrected chi connectivity index (χ2v) is 17.0. The molecule has 1 nitrogen and oxygen atoms in total. The predicted molar refractivity (Wildman–Crippen MR) is 92.9 cm³/mol. The molecule has 0 aliphatic heterocycles. The molecule has 1 aromatic rings. The average molecular weight is 285 g/mol. The number of nitrogens with zero attached hydrogens (tertiary/aromatic N) is 1. The van der Waals surface area contributed by atoms with Gasteiger partial charge in [0, 0.05) is 25.3 Å². The van der Waals surface area contributed by atoms with Crippen LogP contribution in [-0.2, 0) is 0 Å². The van der Waals surface area contributed by atoms with Crippen molar-refractivity contribution in [1.82, 2.24) is 0 Å². The van der Waals surface area contributed by atoms with Crippen LogP contribution in [0.3, 0.4) is 0 Å². The van der Waals surface area contributed by atoms with Gasteiger partial charge in [0.1, 0.15) is 0 Å². The fraction of sp³-hybridized carbons (Fsp3) is 0.600. The summed E-state index contributed by atoms with van der Waals surface area (Å²) in [7, 11) is 2.45. The van der Waals surface area contributed by atoms with E-state index in [0.29, 0.717) is 0 Å². The third kappa shape index (κ3) is 3.94. The highest BCUT2D eigenvalue weighted by molar-refractivity contribution is 7.90. The Hall–Kier alpha value is -0.120. The van der Waals surface area contributed by atoms with Gasteiger partial charge in [0.05, 0.1) is 54.5 Å². The van der Waals surface area contributed by atoms with Crippen molar-refractivity contribution in [3.05, 3.63) is 29.8 Å². The Morgan fingerprint density at radius 2 is 1.17 bits per heavy atom. The van der Waals surface area contributed by atoms with Gasteiger partial charge in [-0.05, 0) is 24.3 Å². The first-order chi connectivity index (χ1) is 8.03. The van der Waals surface area contributed by atoms with E-state index in [2.05, 4.69) is 83.2 Å². The third-order valence-corrected chi connectivity index (χ3v) is 10.9. The highest BCUT2D eigenvalue weighted by atomic mass is 31.2. The fourth-order valence-electron chi connectivity index (χ4n) is 2.88. The molecule has 0 aromatic heterocycles. The summed E-state index contributed by atoms with van der Waals surface area (Å²) in [6.45, 7) is 14.8. The van der Waals surface area contributed by atoms with Gasteiger partial charge < -0.3 is 4.90 Å². The van der Waals surface area contributed by atoms with Crippen LogP contribution >= 0.6 is 14.5 Å². The normalized spacial score (nSPS) is 12.9. The molecule has 0 fully saturated rings. The van der Waals surface area contributed by atoms with Crippen molar-refractivity contribution in [2.45, 2.75) is 5.40 Å². The van der Waals surface area contributed by atoms with E-state index in [9.17, 15) is 0 Å². The van der Waals surface area contributed by atoms with E-state index in [1.165, 1.54) is 5.69 Å². The highest BCUT2D eigenvalue weighted by Gasteiger charge is 2.47. The van der Waals surface area contributed by atoms with Gasteiger partial charge in [-0.25, -0.2) is 0 Å². The van der Waals surface area contributed by atoms with Crippen molar-refractivity contribution in [2.24, 2.45) is 0 Å². The van der Waals surface area contributed by atoms with Crippen LogP contribution in [0.2, 0.25) is 0 Å². The van der Waals surface area contributed by atoms with Crippen molar-refractivity contribution in [2.75, 3.05) is 59.0 Å². The van der Waals surface area contributed by atoms with Crippen LogP contribution in [0.15, 0.2) is 24.3 Å². The minimum absolute atomic E-state index is 0.779. The second-order valence-electron chi connectivity index (χ2n) is 7.09. The number of anilines is 1. The van der Waals surface area contributed by atoms with E-state index in [1.807, 2.05) is 0 Å². The van der Waals surface area contributed by atoms with Crippen molar-refractivity contribution >= 4 is 20.2 Å². The van der Waals surface area contributed by atoms with Crippen molar-refractivity contribution in [3.8, 4) is 0 Å². The number of rotatable bonds is 4. The molecule has 1 rings (SSSR count). The number of hydrogen-bond acceptors (Lipinski definition) is 1. The molecule has 3 heteroatoms. The summed E-state index contributed by atoms with van der Waals surface area (Å²) in [6.07, 6.45) is 0. The lowest BCUT2D eigenvalue weighted by Crippen LogP contribution is -2.10. The smallest absolute Gasteiger partial charge is 0.191 e. The van der Waals surface area contributed by atoms with Crippen LogP contribution in [0.4, 0.5) is 5.69 Å². The zero-order valence-electron chi connectivity index (χ0n) is 13.2. The van der Waals surface area contributed by atoms with E-state index in [-0.39, 0.29) is 0 Å². The van der Waals surface area contributed by atoms with Crippen molar-refractivity contribution in [1.29, 1.82) is 0 Å². The zero-order chi connectivity index (χ0) is 14.1. The molecule has 0 aliphatic carbocycles. The van der Waals surface area contributed by atoms with E-state index < -0.39 is 14.5 Å². The molecule has 18 heavy (non-hydrogen) atoms. The Morgan fingerprint density at radius 1 is 0.778 bits per heavy atom. The lowest BCUT2D eigenvalue weighted by molar-refractivity contribution is 1.13. The Bertz CT molecular complexity index is 368. The Labute approximate surface area is 115 Å². The predicted octanol–water partition coefficient (Wildman–Crippen LogP) is 4.57. The summed E-state index contributed by atoms with van der Waals surface area (Å²) >= 11 is 0. The van der Waals surface area contributed by atoms with E-state index in [0.717, 1.165) is 5.40 Å². The molecule has 0 aliphatic rings. The molecule has 0 spiro atoms. The van der Waals surface area contributed by atoms with Crippen LogP contribution in [-0.4, -0.2) is 54.1 Å². The van der Waals surface area contributed by atoms with Crippen LogP contribution in [0.25, 0.3) is 0 Å². The monoisotopic (exact) mass is 285 g/mol. The molecule has 0 bridgehead atoms. The molecule has 0 unspecified atom stereocenters. The zero-order valence-corrected chi connectivity index (χ0v) is 15.0. The maximum Gasteiger partial charge on any atom is 0.191 e. The van der Waals surface area contributed by atoms with Gasteiger partial charge in [-0.15, -0.1) is 0 Å². The minimum Gasteiger partial charge on any atom is -0.378 e. The summed E-state index contributed by atoms with van der Waals surface area (Å²) in [5, 5.41) is 0.779. The minimum atomic E-state index is -0.872. The first-order valence-electron chi connectivity index (χ1n) is 6.43. The van der Waals surface area contributed by atoms with E-state index in [4.69, 9.17) is 0 Å². The molecule has 0 atom stereocenters. The SMILES string of the molecule is CN(C)c1ccc(C([P+](C)(C)C)[P+](C)(C)C)cc1. The molecule has 0 radical (unpaired) electrons. The molecule has 1 aromatic carbocycles. The fourth-order valence-corrected chi connectivity index (χ4v) is 13.3. The van der Waals surface area contributed by atoms with Gasteiger partial charge in [0.25, 0.3) is 0 Å². The molecule has 0 saturated carbocycles. The third-order valence-electron chi connectivity index (χ3n) is 3.18. The van der Waals surface area contributed by atoms with Gasteiger partial charge in [0.15, 0.2) is 5.40 Å². The van der Waals surface area contributed by atoms with Gasteiger partial charge in [0.2, 0.25) is 0 Å². The Morgan fingerprint density at radius 3 is 1.44 bits per heavy atom. The summed E-state index contributed by atoms with van der Waals surface area (Å²) in [5.74, 6) is 0.